The first-order valence-corrected chi connectivity index (χ1v) is 11.0. The Bertz CT molecular complexity index is 1330. The molecule has 0 fully saturated rings. The number of nitrogens with zero attached hydrogens (tertiary/aromatic N) is 2. The number of aromatic nitrogens is 2. The second-order valence-electron chi connectivity index (χ2n) is 8.79. The van der Waals surface area contributed by atoms with Gasteiger partial charge in [0.05, 0.1) is 17.9 Å². The van der Waals surface area contributed by atoms with Crippen LogP contribution in [0.1, 0.15) is 46.2 Å². The topological polar surface area (TPSA) is 63.8 Å². The first-order valence-electron chi connectivity index (χ1n) is 11.0. The quantitative estimate of drug-likeness (QED) is 0.358. The van der Waals surface area contributed by atoms with Crippen molar-refractivity contribution in [3.8, 4) is 5.75 Å². The number of ketones is 1. The van der Waals surface area contributed by atoms with Gasteiger partial charge in [0.25, 0.3) is 0 Å². The van der Waals surface area contributed by atoms with Gasteiger partial charge in [0.15, 0.2) is 17.2 Å². The van der Waals surface area contributed by atoms with Crippen LogP contribution >= 0.6 is 0 Å². The predicted molar refractivity (Wildman–Crippen MR) is 125 cm³/mol. The number of hydrogen-bond acceptors (Lipinski definition) is 4. The van der Waals surface area contributed by atoms with E-state index < -0.39 is 17.0 Å². The average molecular weight is 465 g/mol. The zero-order chi connectivity index (χ0) is 24.5. The number of aryl methyl sites for hydroxylation is 2. The van der Waals surface area contributed by atoms with Gasteiger partial charge >= 0.3 is 0 Å². The molecule has 0 radical (unpaired) electrons. The molecule has 0 aliphatic heterocycles. The summed E-state index contributed by atoms with van der Waals surface area (Å²) in [5, 5.41) is 10.1. The number of hydrogen-bond donors (Lipinski definition) is 1. The normalized spacial score (nSPS) is 13.1. The third kappa shape index (κ3) is 4.43. The lowest BCUT2D eigenvalue weighted by atomic mass is 9.78. The van der Waals surface area contributed by atoms with E-state index >= 15 is 0 Å². The Morgan fingerprint density at radius 3 is 2.38 bits per heavy atom. The van der Waals surface area contributed by atoms with E-state index in [4.69, 9.17) is 4.74 Å². The molecule has 34 heavy (non-hydrogen) atoms. The highest BCUT2D eigenvalue weighted by Gasteiger charge is 2.31. The van der Waals surface area contributed by atoms with Gasteiger partial charge in [-0.05, 0) is 43.7 Å². The van der Waals surface area contributed by atoms with E-state index in [2.05, 4.69) is 4.98 Å². The maximum absolute atomic E-state index is 14.0. The van der Waals surface area contributed by atoms with E-state index in [0.29, 0.717) is 22.8 Å². The molecule has 0 amide bonds. The Morgan fingerprint density at radius 2 is 1.74 bits per heavy atom. The molecule has 4 aromatic rings. The number of carbonyl (C=O) groups excluding carboxylic acids is 1. The monoisotopic (exact) mass is 464 g/mol. The minimum atomic E-state index is -0.766. The first-order chi connectivity index (χ1) is 16.2. The van der Waals surface area contributed by atoms with Crippen molar-refractivity contribution in [3.63, 3.8) is 0 Å². The van der Waals surface area contributed by atoms with Gasteiger partial charge in [-0.2, -0.15) is 0 Å². The molecule has 176 valence electrons. The highest BCUT2D eigenvalue weighted by molar-refractivity contribution is 5.97. The van der Waals surface area contributed by atoms with Crippen molar-refractivity contribution in [2.75, 3.05) is 6.61 Å². The number of pyridine rings is 1. The predicted octanol–water partition coefficient (Wildman–Crippen LogP) is 5.33. The van der Waals surface area contributed by atoms with E-state index in [-0.39, 0.29) is 31.0 Å². The summed E-state index contributed by atoms with van der Waals surface area (Å²) in [7, 11) is 0. The van der Waals surface area contributed by atoms with Crippen LogP contribution in [0.3, 0.4) is 0 Å². The average Bonchev–Trinajstić information content (AvgIpc) is 3.15. The van der Waals surface area contributed by atoms with E-state index in [1.165, 1.54) is 18.2 Å². The molecule has 0 saturated heterocycles. The molecule has 0 bridgehead atoms. The fourth-order valence-electron chi connectivity index (χ4n) is 4.07. The summed E-state index contributed by atoms with van der Waals surface area (Å²) in [5.41, 5.74) is 2.28. The first kappa shape index (κ1) is 23.6. The number of fused-ring (bicyclic) bond motifs is 1. The lowest BCUT2D eigenvalue weighted by molar-refractivity contribution is 0.0912. The Labute approximate surface area is 196 Å². The van der Waals surface area contributed by atoms with Gasteiger partial charge in [-0.15, -0.1) is 0 Å². The van der Waals surface area contributed by atoms with Crippen molar-refractivity contribution >= 4 is 11.4 Å². The summed E-state index contributed by atoms with van der Waals surface area (Å²) in [6, 6.07) is 14.7. The third-order valence-corrected chi connectivity index (χ3v) is 6.13. The number of rotatable bonds is 8. The fourth-order valence-corrected chi connectivity index (χ4v) is 4.07. The zero-order valence-corrected chi connectivity index (χ0v) is 19.3. The van der Waals surface area contributed by atoms with Crippen LogP contribution < -0.4 is 4.74 Å². The van der Waals surface area contributed by atoms with Crippen LogP contribution in [0.5, 0.6) is 5.75 Å². The van der Waals surface area contributed by atoms with E-state index in [9.17, 15) is 18.7 Å². The molecule has 4 rings (SSSR count). The number of aliphatic hydroxyl groups is 1. The van der Waals surface area contributed by atoms with Crippen LogP contribution in [0, 0.1) is 25.5 Å². The van der Waals surface area contributed by atoms with E-state index in [1.807, 2.05) is 38.1 Å². The Hall–Kier alpha value is -3.58. The van der Waals surface area contributed by atoms with Crippen LogP contribution in [0.4, 0.5) is 8.78 Å². The standard InChI is InChI=1S/C27H26F2N2O3/c1-17-9-11-19(12-10-17)27(3,16-32)14-23(33)25-18(2)30-26-24(8-5-13-31(25)26)34-15-20-21(28)6-4-7-22(20)29/h4-13,32H,14-16H2,1-3H3. The smallest absolute Gasteiger partial charge is 0.182 e. The number of carbonyl (C=O) groups is 1. The number of halogens is 2. The fraction of sp³-hybridized carbons (Fsp3) is 0.259. The molecule has 7 heteroatoms. The second-order valence-corrected chi connectivity index (χ2v) is 8.79. The minimum Gasteiger partial charge on any atom is -0.485 e. The summed E-state index contributed by atoms with van der Waals surface area (Å²) in [4.78, 5) is 17.9. The lowest BCUT2D eigenvalue weighted by Crippen LogP contribution is -2.30. The second kappa shape index (κ2) is 9.35. The molecule has 0 aliphatic rings. The molecule has 1 atom stereocenters. The summed E-state index contributed by atoms with van der Waals surface area (Å²) < 4.78 is 35.3. The van der Waals surface area contributed by atoms with Gasteiger partial charge in [-0.3, -0.25) is 9.20 Å². The van der Waals surface area contributed by atoms with Crippen LogP contribution in [-0.4, -0.2) is 26.9 Å². The number of aliphatic hydroxyl groups excluding tert-OH is 1. The van der Waals surface area contributed by atoms with Crippen molar-refractivity contribution in [2.24, 2.45) is 0 Å². The van der Waals surface area contributed by atoms with Gasteiger partial charge in [-0.1, -0.05) is 42.8 Å². The number of imidazole rings is 1. The van der Waals surface area contributed by atoms with Crippen LogP contribution in [0.2, 0.25) is 0 Å². The van der Waals surface area contributed by atoms with Crippen LogP contribution in [0.25, 0.3) is 5.65 Å². The molecule has 1 unspecified atom stereocenters. The van der Waals surface area contributed by atoms with Gasteiger partial charge in [0, 0.05) is 18.0 Å². The molecule has 0 spiro atoms. The molecular formula is C27H26F2N2O3. The zero-order valence-electron chi connectivity index (χ0n) is 19.3. The molecule has 0 aliphatic carbocycles. The van der Waals surface area contributed by atoms with Crippen molar-refractivity contribution in [1.82, 2.24) is 9.38 Å². The molecule has 1 N–H and O–H groups in total. The molecule has 2 aromatic carbocycles. The highest BCUT2D eigenvalue weighted by Crippen LogP contribution is 2.31. The van der Waals surface area contributed by atoms with Gasteiger partial charge in [0.1, 0.15) is 23.9 Å². The molecule has 0 saturated carbocycles. The maximum atomic E-state index is 14.0. The number of Topliss-reactive ketones (excluding diaryl/α,β-unsaturated/α-hetero) is 1. The highest BCUT2D eigenvalue weighted by atomic mass is 19.1. The van der Waals surface area contributed by atoms with E-state index in [0.717, 1.165) is 11.1 Å². The summed E-state index contributed by atoms with van der Waals surface area (Å²) in [5.74, 6) is -1.27. The summed E-state index contributed by atoms with van der Waals surface area (Å²) >= 11 is 0. The minimum absolute atomic E-state index is 0.0761. The summed E-state index contributed by atoms with van der Waals surface area (Å²) in [6.45, 7) is 5.05. The Morgan fingerprint density at radius 1 is 1.06 bits per heavy atom. The largest absolute Gasteiger partial charge is 0.485 e. The maximum Gasteiger partial charge on any atom is 0.182 e. The van der Waals surface area contributed by atoms with Crippen LogP contribution in [0.15, 0.2) is 60.8 Å². The molecular weight excluding hydrogens is 438 g/mol. The molecule has 5 nitrogen and oxygen atoms in total. The Balaban J connectivity index is 1.64. The lowest BCUT2D eigenvalue weighted by Gasteiger charge is -2.27. The SMILES string of the molecule is Cc1ccc(C(C)(CO)CC(=O)c2c(C)nc3c(OCc4c(F)cccc4F)cccn23)cc1. The van der Waals surface area contributed by atoms with Crippen molar-refractivity contribution < 1.29 is 23.4 Å². The Kier molecular flexibility index (Phi) is 6.48. The number of ether oxygens (including phenoxy) is 1. The number of benzene rings is 2. The van der Waals surface area contributed by atoms with Crippen molar-refractivity contribution in [3.05, 3.63) is 101 Å². The van der Waals surface area contributed by atoms with Crippen molar-refractivity contribution in [1.29, 1.82) is 0 Å². The van der Waals surface area contributed by atoms with Gasteiger partial charge < -0.3 is 9.84 Å². The third-order valence-electron chi connectivity index (χ3n) is 6.13. The molecule has 2 heterocycles. The molecule has 2 aromatic heterocycles. The van der Waals surface area contributed by atoms with Crippen molar-refractivity contribution in [2.45, 2.75) is 39.2 Å². The summed E-state index contributed by atoms with van der Waals surface area (Å²) in [6.07, 6.45) is 1.77. The van der Waals surface area contributed by atoms with Gasteiger partial charge in [-0.25, -0.2) is 13.8 Å². The van der Waals surface area contributed by atoms with Crippen LogP contribution in [-0.2, 0) is 12.0 Å². The van der Waals surface area contributed by atoms with Gasteiger partial charge in [0.2, 0.25) is 0 Å². The van der Waals surface area contributed by atoms with E-state index in [1.54, 1.807) is 29.7 Å².